The van der Waals surface area contributed by atoms with Gasteiger partial charge in [0.05, 0.1) is 18.6 Å². The lowest BCUT2D eigenvalue weighted by atomic mass is 9.94. The fraction of sp³-hybridized carbons (Fsp3) is 0.459. The van der Waals surface area contributed by atoms with Gasteiger partial charge in [-0.3, -0.25) is 4.18 Å². The van der Waals surface area contributed by atoms with E-state index in [9.17, 15) is 8.42 Å². The zero-order valence-corrected chi connectivity index (χ0v) is 32.1. The summed E-state index contributed by atoms with van der Waals surface area (Å²) < 4.78 is 71.1. The van der Waals surface area contributed by atoms with Crippen molar-refractivity contribution in [2.45, 2.75) is 86.8 Å². The molecule has 6 atom stereocenters. The van der Waals surface area contributed by atoms with Crippen LogP contribution in [0.25, 0.3) is 0 Å². The zero-order valence-electron chi connectivity index (χ0n) is 29.5. The van der Waals surface area contributed by atoms with Crippen LogP contribution in [0.2, 0.25) is 5.04 Å². The molecule has 0 spiro atoms. The lowest BCUT2D eigenvalue weighted by Gasteiger charge is -2.56. The maximum Gasteiger partial charge on any atom is 0.290 e. The largest absolute Gasteiger partial charge is 0.405 e. The van der Waals surface area contributed by atoms with Gasteiger partial charge >= 0.3 is 0 Å². The number of hydrogen-bond donors (Lipinski definition) is 0. The third kappa shape index (κ3) is 7.64. The minimum Gasteiger partial charge on any atom is -0.405 e. The average molecular weight is 729 g/mol. The van der Waals surface area contributed by atoms with Crippen molar-refractivity contribution in [1.29, 1.82) is 0 Å². The molecule has 2 aliphatic heterocycles. The average Bonchev–Trinajstić information content (AvgIpc) is 3.08. The van der Waals surface area contributed by atoms with Gasteiger partial charge in [-0.25, -0.2) is 0 Å². The zero-order chi connectivity index (χ0) is 35.5. The van der Waals surface area contributed by atoms with Gasteiger partial charge in [0.15, 0.2) is 0 Å². The van der Waals surface area contributed by atoms with Crippen LogP contribution < -0.4 is 10.4 Å². The minimum absolute atomic E-state index is 0.0264. The Balaban J connectivity index is 1.65. The normalized spacial score (nSPS) is 28.7. The van der Waals surface area contributed by atoms with Gasteiger partial charge < -0.3 is 28.1 Å². The van der Waals surface area contributed by atoms with E-state index in [1.54, 1.807) is 20.8 Å². The summed E-state index contributed by atoms with van der Waals surface area (Å²) in [4.78, 5) is 0.880. The second-order valence-electron chi connectivity index (χ2n) is 13.3. The lowest BCUT2D eigenvalue weighted by Crippen LogP contribution is -2.71. The maximum atomic E-state index is 13.2. The van der Waals surface area contributed by atoms with Crippen molar-refractivity contribution < 1.29 is 40.7 Å². The van der Waals surface area contributed by atoms with Gasteiger partial charge in [-0.2, -0.15) is 8.42 Å². The minimum atomic E-state index is -4.12. The summed E-state index contributed by atoms with van der Waals surface area (Å²) in [7, 11) is -4.10. The summed E-state index contributed by atoms with van der Waals surface area (Å²) in [6.07, 6.45) is -2.48. The smallest absolute Gasteiger partial charge is 0.290 e. The predicted molar refractivity (Wildman–Crippen MR) is 194 cm³/mol. The molecule has 49 heavy (non-hydrogen) atoms. The topological polar surface area (TPSA) is 98.8 Å². The van der Waals surface area contributed by atoms with E-state index < -0.39 is 53.8 Å². The monoisotopic (exact) mass is 728 g/mol. The van der Waals surface area contributed by atoms with Crippen molar-refractivity contribution in [2.75, 3.05) is 27.4 Å². The highest BCUT2D eigenvalue weighted by Gasteiger charge is 2.62. The molecule has 0 saturated carbocycles. The number of ether oxygens (including phenoxy) is 5. The highest BCUT2D eigenvalue weighted by molar-refractivity contribution is 8.00. The third-order valence-electron chi connectivity index (χ3n) is 9.31. The van der Waals surface area contributed by atoms with E-state index >= 15 is 0 Å². The van der Waals surface area contributed by atoms with Crippen molar-refractivity contribution in [3.63, 3.8) is 0 Å². The fourth-order valence-electron chi connectivity index (χ4n) is 6.60. The van der Waals surface area contributed by atoms with Crippen molar-refractivity contribution in [1.82, 2.24) is 0 Å². The number of rotatable bonds is 12. The molecule has 0 N–H and O–H groups in total. The van der Waals surface area contributed by atoms with E-state index in [1.165, 1.54) is 26.0 Å². The highest BCUT2D eigenvalue weighted by atomic mass is 32.2. The SMILES string of the molecule is CCOS(=O)(=O)/C=C1/[C@H]2O[C@](C)(OC)[C@@](C)(OC)O[C@@H]2[C@@H](CO[Si](c2ccccc2)(c2ccccc2)C(C)(C)C)O[C@H]1Sc1ccccc1. The van der Waals surface area contributed by atoms with Crippen molar-refractivity contribution >= 4 is 40.6 Å². The first kappa shape index (κ1) is 37.9. The number of thioether (sulfide) groups is 1. The van der Waals surface area contributed by atoms with Crippen LogP contribution in [0.3, 0.4) is 0 Å². The van der Waals surface area contributed by atoms with E-state index in [0.717, 1.165) is 20.7 Å². The van der Waals surface area contributed by atoms with Crippen LogP contribution in [0.1, 0.15) is 41.5 Å². The Kier molecular flexibility index (Phi) is 11.7. The van der Waals surface area contributed by atoms with Gasteiger partial charge in [0.25, 0.3) is 18.4 Å². The summed E-state index contributed by atoms with van der Waals surface area (Å²) in [5.74, 6) is -2.80. The molecule has 0 aromatic heterocycles. The standard InChI is InChI=1S/C37H48O9S2Si/c1-9-42-48(38,39)26-30-32-33(46-37(6,41-8)36(5,40-7)45-32)31(44-34(30)47-27-19-13-10-14-20-27)25-43-49(35(2,3)4,28-21-15-11-16-22-28)29-23-17-12-18-24-29/h10-24,26,31-34H,9,25H2,1-8H3/b30-26-/t31-,32-,33-,34+,36+,37+/m1/s1. The maximum absolute atomic E-state index is 13.2. The highest BCUT2D eigenvalue weighted by Crippen LogP contribution is 2.48. The molecule has 5 rings (SSSR count). The molecule has 0 aliphatic carbocycles. The predicted octanol–water partition coefficient (Wildman–Crippen LogP) is 5.84. The first-order valence-corrected chi connectivity index (χ1v) is 20.7. The van der Waals surface area contributed by atoms with Crippen LogP contribution in [0.5, 0.6) is 0 Å². The van der Waals surface area contributed by atoms with Crippen LogP contribution in [0.15, 0.2) is 107 Å². The molecule has 266 valence electrons. The quantitative estimate of drug-likeness (QED) is 0.167. The molecule has 0 amide bonds. The number of methoxy groups -OCH3 is 2. The van der Waals surface area contributed by atoms with Crippen molar-refractivity contribution in [3.05, 3.63) is 102 Å². The van der Waals surface area contributed by atoms with Crippen LogP contribution in [-0.4, -0.2) is 79.5 Å². The number of benzene rings is 3. The summed E-state index contributed by atoms with van der Waals surface area (Å²) in [6.45, 7) is 11.8. The molecule has 2 aliphatic rings. The fourth-order valence-corrected chi connectivity index (χ4v) is 13.3. The van der Waals surface area contributed by atoms with E-state index in [4.69, 9.17) is 32.3 Å². The van der Waals surface area contributed by atoms with Gasteiger partial charge in [-0.05, 0) is 48.3 Å². The van der Waals surface area contributed by atoms with E-state index in [-0.39, 0.29) is 18.3 Å². The Bertz CT molecular complexity index is 1630. The van der Waals surface area contributed by atoms with Crippen LogP contribution >= 0.6 is 11.8 Å². The van der Waals surface area contributed by atoms with Crippen molar-refractivity contribution in [3.8, 4) is 0 Å². The molecule has 0 bridgehead atoms. The van der Waals surface area contributed by atoms with Crippen LogP contribution in [-0.2, 0) is 42.4 Å². The van der Waals surface area contributed by atoms with Gasteiger partial charge in [0.1, 0.15) is 23.7 Å². The first-order chi connectivity index (χ1) is 23.2. The molecule has 3 aromatic rings. The second kappa shape index (κ2) is 15.1. The molecule has 12 heteroatoms. The second-order valence-corrected chi connectivity index (χ2v) is 20.2. The lowest BCUT2D eigenvalue weighted by molar-refractivity contribution is -0.455. The van der Waals surface area contributed by atoms with Gasteiger partial charge in [-0.15, -0.1) is 0 Å². The van der Waals surface area contributed by atoms with Gasteiger partial charge in [-0.1, -0.05) is 111 Å². The number of fused-ring (bicyclic) bond motifs is 1. The Morgan fingerprint density at radius 1 is 0.837 bits per heavy atom. The molecule has 2 heterocycles. The third-order valence-corrected chi connectivity index (χ3v) is 16.6. The summed E-state index contributed by atoms with van der Waals surface area (Å²) >= 11 is 1.37. The number of hydrogen-bond acceptors (Lipinski definition) is 10. The van der Waals surface area contributed by atoms with E-state index in [1.807, 2.05) is 66.7 Å². The molecule has 9 nitrogen and oxygen atoms in total. The van der Waals surface area contributed by atoms with E-state index in [2.05, 4.69) is 45.0 Å². The molecule has 0 radical (unpaired) electrons. The van der Waals surface area contributed by atoms with Crippen LogP contribution in [0, 0.1) is 0 Å². The molecule has 0 unspecified atom stereocenters. The molecular weight excluding hydrogens is 681 g/mol. The Morgan fingerprint density at radius 3 is 1.84 bits per heavy atom. The molecular formula is C37H48O9S2Si. The summed E-state index contributed by atoms with van der Waals surface area (Å²) in [6, 6.07) is 30.4. The molecule has 3 aromatic carbocycles. The first-order valence-electron chi connectivity index (χ1n) is 16.4. The van der Waals surface area contributed by atoms with Gasteiger partial charge in [0.2, 0.25) is 11.6 Å². The molecule has 2 fully saturated rings. The van der Waals surface area contributed by atoms with Gasteiger partial charge in [0, 0.05) is 24.7 Å². The summed E-state index contributed by atoms with van der Waals surface area (Å²) in [5.41, 5.74) is -0.473. The van der Waals surface area contributed by atoms with Crippen LogP contribution in [0.4, 0.5) is 0 Å². The van der Waals surface area contributed by atoms with Crippen molar-refractivity contribution in [2.24, 2.45) is 0 Å². The Labute approximate surface area is 296 Å². The molecule has 2 saturated heterocycles. The Morgan fingerprint density at radius 2 is 1.35 bits per heavy atom. The van der Waals surface area contributed by atoms with E-state index in [0.29, 0.717) is 5.57 Å². The summed E-state index contributed by atoms with van der Waals surface area (Å²) in [5, 5.41) is 3.05. The Hall–Kier alpha value is -2.36.